The van der Waals surface area contributed by atoms with Crippen LogP contribution in [0.15, 0.2) is 37.4 Å². The molecule has 1 aromatic carbocycles. The molecule has 1 rings (SSSR count). The number of carboxylic acids is 2. The average molecular weight is 390 g/mol. The molecule has 0 fully saturated rings. The van der Waals surface area contributed by atoms with E-state index in [1.54, 1.807) is 13.8 Å². The van der Waals surface area contributed by atoms with Crippen LogP contribution in [0.4, 0.5) is 0 Å². The Morgan fingerprint density at radius 2 is 1.43 bits per heavy atom. The average Bonchev–Trinajstić information content (AvgIpc) is 2.68. The number of esters is 2. The molecule has 0 aromatic heterocycles. The van der Waals surface area contributed by atoms with Crippen LogP contribution in [-0.2, 0) is 19.1 Å². The van der Waals surface area contributed by atoms with E-state index in [0.29, 0.717) is 0 Å². The van der Waals surface area contributed by atoms with Crippen molar-refractivity contribution < 1.29 is 38.9 Å². The van der Waals surface area contributed by atoms with Gasteiger partial charge in [-0.25, -0.2) is 19.2 Å². The molecule has 1 aromatic rings. The molecule has 0 saturated heterocycles. The summed E-state index contributed by atoms with van der Waals surface area (Å²) in [6, 6.07) is 2.48. The third-order valence-electron chi connectivity index (χ3n) is 3.98. The normalized spacial score (nSPS) is 12.4. The van der Waals surface area contributed by atoms with E-state index < -0.39 is 36.1 Å². The highest BCUT2D eigenvalue weighted by Gasteiger charge is 2.32. The van der Waals surface area contributed by atoms with Crippen molar-refractivity contribution in [2.45, 2.75) is 38.9 Å². The first-order valence-corrected chi connectivity index (χ1v) is 8.51. The summed E-state index contributed by atoms with van der Waals surface area (Å²) in [6.07, 6.45) is 0.0905. The van der Waals surface area contributed by atoms with Crippen molar-refractivity contribution in [1.82, 2.24) is 0 Å². The molecule has 0 bridgehead atoms. The Morgan fingerprint density at radius 3 is 1.82 bits per heavy atom. The lowest BCUT2D eigenvalue weighted by Crippen LogP contribution is -2.21. The molecule has 2 unspecified atom stereocenters. The molecule has 0 amide bonds. The van der Waals surface area contributed by atoms with E-state index in [9.17, 15) is 29.4 Å². The minimum Gasteiger partial charge on any atom is -0.478 e. The Labute approximate surface area is 162 Å². The molecular weight excluding hydrogens is 368 g/mol. The van der Waals surface area contributed by atoms with Crippen molar-refractivity contribution in [1.29, 1.82) is 0 Å². The molecule has 8 heteroatoms. The SMILES string of the molecule is C=CC(=O)OC(CC)c1ccc(C(=O)O)c(C(CC)OC(=O)C=C)c1C(=O)O. The Morgan fingerprint density at radius 1 is 0.929 bits per heavy atom. The van der Waals surface area contributed by atoms with Crippen molar-refractivity contribution in [2.24, 2.45) is 0 Å². The van der Waals surface area contributed by atoms with Gasteiger partial charge in [-0.2, -0.15) is 0 Å². The van der Waals surface area contributed by atoms with Crippen LogP contribution < -0.4 is 0 Å². The lowest BCUT2D eigenvalue weighted by Gasteiger charge is -2.24. The molecule has 28 heavy (non-hydrogen) atoms. The van der Waals surface area contributed by atoms with Gasteiger partial charge in [-0.1, -0.05) is 33.1 Å². The first-order valence-electron chi connectivity index (χ1n) is 8.51. The van der Waals surface area contributed by atoms with E-state index in [1.165, 1.54) is 12.1 Å². The second-order valence-corrected chi connectivity index (χ2v) is 5.68. The minimum absolute atomic E-state index is 0.0957. The van der Waals surface area contributed by atoms with Gasteiger partial charge >= 0.3 is 23.9 Å². The third-order valence-corrected chi connectivity index (χ3v) is 3.98. The Bertz CT molecular complexity index is 809. The molecule has 0 aliphatic rings. The highest BCUT2D eigenvalue weighted by atomic mass is 16.5. The molecule has 0 aliphatic carbocycles. The van der Waals surface area contributed by atoms with E-state index in [1.807, 2.05) is 0 Å². The highest BCUT2D eigenvalue weighted by molar-refractivity contribution is 5.98. The van der Waals surface area contributed by atoms with Crippen molar-refractivity contribution in [3.8, 4) is 0 Å². The van der Waals surface area contributed by atoms with Gasteiger partial charge in [0.15, 0.2) is 0 Å². The molecule has 2 N–H and O–H groups in total. The van der Waals surface area contributed by atoms with E-state index in [-0.39, 0.29) is 35.1 Å². The van der Waals surface area contributed by atoms with Crippen LogP contribution >= 0.6 is 0 Å². The summed E-state index contributed by atoms with van der Waals surface area (Å²) in [4.78, 5) is 47.0. The zero-order valence-electron chi connectivity index (χ0n) is 15.6. The monoisotopic (exact) mass is 390 g/mol. The maximum atomic E-state index is 12.1. The molecule has 0 heterocycles. The van der Waals surface area contributed by atoms with Gasteiger partial charge in [-0.3, -0.25) is 0 Å². The van der Waals surface area contributed by atoms with Crippen LogP contribution in [0.3, 0.4) is 0 Å². The number of carbonyl (C=O) groups is 4. The number of hydrogen-bond donors (Lipinski definition) is 2. The smallest absolute Gasteiger partial charge is 0.336 e. The van der Waals surface area contributed by atoms with Gasteiger partial charge in [-0.05, 0) is 18.9 Å². The number of ether oxygens (including phenoxy) is 2. The second-order valence-electron chi connectivity index (χ2n) is 5.68. The summed E-state index contributed by atoms with van der Waals surface area (Å²) in [7, 11) is 0. The molecule has 0 spiro atoms. The summed E-state index contributed by atoms with van der Waals surface area (Å²) in [5.41, 5.74) is -0.788. The first kappa shape index (κ1) is 22.6. The molecule has 8 nitrogen and oxygen atoms in total. The quantitative estimate of drug-likeness (QED) is 0.459. The van der Waals surface area contributed by atoms with Crippen LogP contribution in [0.1, 0.15) is 70.7 Å². The topological polar surface area (TPSA) is 127 Å². The van der Waals surface area contributed by atoms with Gasteiger partial charge in [0.05, 0.1) is 11.1 Å². The fourth-order valence-corrected chi connectivity index (χ4v) is 2.75. The van der Waals surface area contributed by atoms with Crippen molar-refractivity contribution in [2.75, 3.05) is 0 Å². The number of rotatable bonds is 10. The Balaban J connectivity index is 3.77. The van der Waals surface area contributed by atoms with Crippen LogP contribution in [0.2, 0.25) is 0 Å². The summed E-state index contributed by atoms with van der Waals surface area (Å²) >= 11 is 0. The largest absolute Gasteiger partial charge is 0.478 e. The number of aromatic carboxylic acids is 2. The van der Waals surface area contributed by atoms with Gasteiger partial charge in [0.25, 0.3) is 0 Å². The van der Waals surface area contributed by atoms with E-state index >= 15 is 0 Å². The van der Waals surface area contributed by atoms with Crippen LogP contribution in [-0.4, -0.2) is 34.1 Å². The molecular formula is C20H22O8. The molecule has 150 valence electrons. The summed E-state index contributed by atoms with van der Waals surface area (Å²) < 4.78 is 10.4. The summed E-state index contributed by atoms with van der Waals surface area (Å²) in [6.45, 7) is 9.87. The van der Waals surface area contributed by atoms with Crippen LogP contribution in [0.25, 0.3) is 0 Å². The fourth-order valence-electron chi connectivity index (χ4n) is 2.75. The van der Waals surface area contributed by atoms with E-state index in [0.717, 1.165) is 12.2 Å². The zero-order valence-corrected chi connectivity index (χ0v) is 15.6. The van der Waals surface area contributed by atoms with E-state index in [2.05, 4.69) is 13.2 Å². The third kappa shape index (κ3) is 5.06. The first-order chi connectivity index (χ1) is 13.2. The van der Waals surface area contributed by atoms with Crippen molar-refractivity contribution in [3.05, 3.63) is 59.7 Å². The van der Waals surface area contributed by atoms with Crippen LogP contribution in [0.5, 0.6) is 0 Å². The van der Waals surface area contributed by atoms with Crippen molar-refractivity contribution >= 4 is 23.9 Å². The second kappa shape index (κ2) is 10.1. The number of benzene rings is 1. The summed E-state index contributed by atoms with van der Waals surface area (Å²) in [5.74, 6) is -4.39. The van der Waals surface area contributed by atoms with Gasteiger partial charge in [0, 0.05) is 23.3 Å². The predicted octanol–water partition coefficient (Wildman–Crippen LogP) is 3.44. The van der Waals surface area contributed by atoms with Gasteiger partial charge in [-0.15, -0.1) is 0 Å². The van der Waals surface area contributed by atoms with Gasteiger partial charge < -0.3 is 19.7 Å². The van der Waals surface area contributed by atoms with Crippen molar-refractivity contribution in [3.63, 3.8) is 0 Å². The molecule has 0 aliphatic heterocycles. The predicted molar refractivity (Wildman–Crippen MR) is 99.0 cm³/mol. The maximum absolute atomic E-state index is 12.1. The Hall–Kier alpha value is -3.42. The molecule has 0 saturated carbocycles. The number of hydrogen-bond acceptors (Lipinski definition) is 6. The van der Waals surface area contributed by atoms with Gasteiger partial charge in [0.1, 0.15) is 12.2 Å². The summed E-state index contributed by atoms with van der Waals surface area (Å²) in [5, 5.41) is 19.3. The minimum atomic E-state index is -1.44. The lowest BCUT2D eigenvalue weighted by atomic mass is 9.88. The van der Waals surface area contributed by atoms with Crippen LogP contribution in [0, 0.1) is 0 Å². The maximum Gasteiger partial charge on any atom is 0.336 e. The Kier molecular flexibility index (Phi) is 8.12. The zero-order chi connectivity index (χ0) is 21.4. The highest BCUT2D eigenvalue weighted by Crippen LogP contribution is 2.35. The standard InChI is InChI=1S/C20H22O8/c1-5-13(27-15(21)7-3)11-9-10-12(19(23)24)17(18(11)20(25)26)14(6-2)28-16(22)8-4/h7-10,13-14H,3-6H2,1-2H3,(H,23,24)(H,25,26). The number of carbonyl (C=O) groups excluding carboxylic acids is 2. The lowest BCUT2D eigenvalue weighted by molar-refractivity contribution is -0.144. The molecule has 2 atom stereocenters. The fraction of sp³-hybridized carbons (Fsp3) is 0.300. The number of carboxylic acid groups (broad SMARTS) is 2. The van der Waals surface area contributed by atoms with E-state index in [4.69, 9.17) is 9.47 Å². The molecule has 0 radical (unpaired) electrons. The van der Waals surface area contributed by atoms with Gasteiger partial charge in [0.2, 0.25) is 0 Å².